The summed E-state index contributed by atoms with van der Waals surface area (Å²) < 4.78 is 5.44. The third-order valence-corrected chi connectivity index (χ3v) is 5.52. The summed E-state index contributed by atoms with van der Waals surface area (Å²) in [5.41, 5.74) is 1.97. The number of rotatable bonds is 8. The van der Waals surface area contributed by atoms with Crippen LogP contribution in [0.15, 0.2) is 54.6 Å². The lowest BCUT2D eigenvalue weighted by molar-refractivity contribution is -0.153. The van der Waals surface area contributed by atoms with Crippen molar-refractivity contribution in [3.63, 3.8) is 0 Å². The van der Waals surface area contributed by atoms with E-state index in [2.05, 4.69) is 5.32 Å². The summed E-state index contributed by atoms with van der Waals surface area (Å²) in [4.78, 5) is 39.4. The normalized spacial score (nSPS) is 17.1. The predicted molar refractivity (Wildman–Crippen MR) is 126 cm³/mol. The lowest BCUT2D eigenvalue weighted by Gasteiger charge is -2.28. The Kier molecular flexibility index (Phi) is 7.87. The molecule has 7 heteroatoms. The minimum absolute atomic E-state index is 0.229. The fourth-order valence-corrected chi connectivity index (χ4v) is 4.01. The van der Waals surface area contributed by atoms with Crippen LogP contribution in [0.2, 0.25) is 0 Å². The average Bonchev–Trinajstić information content (AvgIpc) is 2.88. The number of esters is 1. The number of aliphatic carboxylic acids is 1. The summed E-state index contributed by atoms with van der Waals surface area (Å²) in [5, 5.41) is 12.8. The molecule has 0 saturated heterocycles. The molecule has 176 valence electrons. The lowest BCUT2D eigenvalue weighted by Crippen LogP contribution is -2.53. The van der Waals surface area contributed by atoms with Crippen molar-refractivity contribution in [1.82, 2.24) is 5.32 Å². The van der Waals surface area contributed by atoms with E-state index in [9.17, 15) is 19.5 Å². The van der Waals surface area contributed by atoms with E-state index in [1.807, 2.05) is 54.6 Å². The van der Waals surface area contributed by atoms with Crippen molar-refractivity contribution in [3.8, 4) is 0 Å². The number of nitrogens with zero attached hydrogens (tertiary/aromatic N) is 1. The van der Waals surface area contributed by atoms with Crippen molar-refractivity contribution < 1.29 is 24.2 Å². The Bertz CT molecular complexity index is 984. The second kappa shape index (κ2) is 10.6. The molecule has 0 aliphatic carbocycles. The highest BCUT2D eigenvalue weighted by Crippen LogP contribution is 2.27. The molecule has 0 unspecified atom stereocenters. The van der Waals surface area contributed by atoms with Crippen molar-refractivity contribution in [3.05, 3.63) is 65.7 Å². The van der Waals surface area contributed by atoms with Gasteiger partial charge >= 0.3 is 11.9 Å². The predicted octanol–water partition coefficient (Wildman–Crippen LogP) is 3.35. The van der Waals surface area contributed by atoms with E-state index in [1.54, 1.807) is 20.8 Å². The number of hydrogen-bond acceptors (Lipinski definition) is 5. The molecule has 1 amide bonds. The number of benzene rings is 2. The van der Waals surface area contributed by atoms with Gasteiger partial charge in [-0.1, -0.05) is 48.5 Å². The summed E-state index contributed by atoms with van der Waals surface area (Å²) in [6, 6.07) is 15.5. The van der Waals surface area contributed by atoms with Crippen LogP contribution in [0.4, 0.5) is 5.69 Å². The van der Waals surface area contributed by atoms with Crippen molar-refractivity contribution in [1.29, 1.82) is 0 Å². The van der Waals surface area contributed by atoms with Gasteiger partial charge in [-0.05, 0) is 63.6 Å². The molecular weight excluding hydrogens is 420 g/mol. The maximum absolute atomic E-state index is 13.5. The molecule has 1 aliphatic heterocycles. The number of nitrogens with one attached hydrogen (secondary N) is 1. The standard InChI is InChI=1S/C26H32N2O5/c1-26(2,3)33-23(29)17-28-22-12-8-7-11-19(22)14-16-20(24(28)30)27-21(25(31)32)15-13-18-9-5-4-6-10-18/h4-12,20-21,27H,13-17H2,1-3H3,(H,31,32)/t20-,21-/m0/s1. The fourth-order valence-electron chi connectivity index (χ4n) is 4.01. The molecule has 7 nitrogen and oxygen atoms in total. The fraction of sp³-hybridized carbons (Fsp3) is 0.423. The van der Waals surface area contributed by atoms with Crippen LogP contribution in [0, 0.1) is 0 Å². The maximum Gasteiger partial charge on any atom is 0.326 e. The van der Waals surface area contributed by atoms with E-state index in [0.29, 0.717) is 31.4 Å². The van der Waals surface area contributed by atoms with E-state index in [1.165, 1.54) is 4.90 Å². The molecule has 1 aliphatic rings. The Labute approximate surface area is 194 Å². The number of ether oxygens (including phenoxy) is 1. The van der Waals surface area contributed by atoms with Crippen LogP contribution in [0.3, 0.4) is 0 Å². The molecule has 33 heavy (non-hydrogen) atoms. The van der Waals surface area contributed by atoms with Gasteiger partial charge in [0, 0.05) is 5.69 Å². The number of carboxylic acid groups (broad SMARTS) is 1. The average molecular weight is 453 g/mol. The van der Waals surface area contributed by atoms with Gasteiger partial charge in [-0.25, -0.2) is 0 Å². The molecule has 1 heterocycles. The maximum atomic E-state index is 13.5. The van der Waals surface area contributed by atoms with Gasteiger partial charge in [-0.15, -0.1) is 0 Å². The van der Waals surface area contributed by atoms with E-state index in [4.69, 9.17) is 4.74 Å². The molecular formula is C26H32N2O5. The number of fused-ring (bicyclic) bond motifs is 1. The first-order valence-corrected chi connectivity index (χ1v) is 11.3. The SMILES string of the molecule is CC(C)(C)OC(=O)CN1C(=O)[C@@H](N[C@@H](CCc2ccccc2)C(=O)O)CCc2ccccc21. The Hall–Kier alpha value is -3.19. The number of aryl methyl sites for hydroxylation is 2. The monoisotopic (exact) mass is 452 g/mol. The highest BCUT2D eigenvalue weighted by atomic mass is 16.6. The van der Waals surface area contributed by atoms with Gasteiger partial charge in [0.05, 0.1) is 6.04 Å². The first kappa shape index (κ1) is 24.5. The summed E-state index contributed by atoms with van der Waals surface area (Å²) in [7, 11) is 0. The van der Waals surface area contributed by atoms with Crippen molar-refractivity contribution in [2.45, 2.75) is 64.1 Å². The molecule has 2 N–H and O–H groups in total. The van der Waals surface area contributed by atoms with Crippen LogP contribution in [0.5, 0.6) is 0 Å². The van der Waals surface area contributed by atoms with Crippen molar-refractivity contribution in [2.24, 2.45) is 0 Å². The second-order valence-electron chi connectivity index (χ2n) is 9.31. The molecule has 0 fully saturated rings. The molecule has 0 radical (unpaired) electrons. The number of carbonyl (C=O) groups excluding carboxylic acids is 2. The highest BCUT2D eigenvalue weighted by Gasteiger charge is 2.34. The molecule has 0 spiro atoms. The summed E-state index contributed by atoms with van der Waals surface area (Å²) >= 11 is 0. The highest BCUT2D eigenvalue weighted by molar-refractivity contribution is 6.02. The van der Waals surface area contributed by atoms with Crippen molar-refractivity contribution in [2.75, 3.05) is 11.4 Å². The topological polar surface area (TPSA) is 95.9 Å². The van der Waals surface area contributed by atoms with Crippen molar-refractivity contribution >= 4 is 23.5 Å². The minimum atomic E-state index is -1.00. The number of hydrogen-bond donors (Lipinski definition) is 2. The molecule has 2 aromatic rings. The first-order chi connectivity index (χ1) is 15.6. The quantitative estimate of drug-likeness (QED) is 0.597. The molecule has 3 rings (SSSR count). The van der Waals surface area contributed by atoms with Gasteiger partial charge in [0.2, 0.25) is 5.91 Å². The Balaban J connectivity index is 1.78. The molecule has 0 bridgehead atoms. The van der Waals surface area contributed by atoms with Crippen LogP contribution in [0.1, 0.15) is 44.7 Å². The lowest BCUT2D eigenvalue weighted by atomic mass is 10.0. The minimum Gasteiger partial charge on any atom is -0.480 e. The third-order valence-electron chi connectivity index (χ3n) is 5.52. The third kappa shape index (κ3) is 6.89. The first-order valence-electron chi connectivity index (χ1n) is 11.3. The summed E-state index contributed by atoms with van der Waals surface area (Å²) in [6.45, 7) is 5.10. The molecule has 0 aromatic heterocycles. The Morgan fingerprint density at radius 2 is 1.79 bits per heavy atom. The second-order valence-corrected chi connectivity index (χ2v) is 9.31. The van der Waals surface area contributed by atoms with Crippen LogP contribution >= 0.6 is 0 Å². The largest absolute Gasteiger partial charge is 0.480 e. The molecule has 2 aromatic carbocycles. The zero-order valence-corrected chi connectivity index (χ0v) is 19.4. The summed E-state index contributed by atoms with van der Waals surface area (Å²) in [5.74, 6) is -1.83. The molecule has 2 atom stereocenters. The zero-order valence-electron chi connectivity index (χ0n) is 19.4. The number of carbonyl (C=O) groups is 3. The Morgan fingerprint density at radius 3 is 2.45 bits per heavy atom. The van der Waals surface area contributed by atoms with Gasteiger partial charge in [-0.2, -0.15) is 0 Å². The van der Waals surface area contributed by atoms with Gasteiger partial charge < -0.3 is 9.84 Å². The van der Waals surface area contributed by atoms with Crippen LogP contribution < -0.4 is 10.2 Å². The van der Waals surface area contributed by atoms with E-state index >= 15 is 0 Å². The van der Waals surface area contributed by atoms with Gasteiger partial charge in [-0.3, -0.25) is 24.6 Å². The van der Waals surface area contributed by atoms with Gasteiger partial charge in [0.15, 0.2) is 0 Å². The number of carboxylic acids is 1. The smallest absolute Gasteiger partial charge is 0.326 e. The number of anilines is 1. The summed E-state index contributed by atoms with van der Waals surface area (Å²) in [6.07, 6.45) is 1.96. The van der Waals surface area contributed by atoms with Gasteiger partial charge in [0.25, 0.3) is 0 Å². The van der Waals surface area contributed by atoms with Crippen LogP contribution in [-0.2, 0) is 32.0 Å². The van der Waals surface area contributed by atoms with Crippen LogP contribution in [0.25, 0.3) is 0 Å². The number of para-hydroxylation sites is 1. The van der Waals surface area contributed by atoms with Crippen LogP contribution in [-0.4, -0.2) is 47.2 Å². The number of amides is 1. The Morgan fingerprint density at radius 1 is 1.12 bits per heavy atom. The van der Waals surface area contributed by atoms with E-state index < -0.39 is 29.6 Å². The molecule has 0 saturated carbocycles. The van der Waals surface area contributed by atoms with E-state index in [0.717, 1.165) is 11.1 Å². The van der Waals surface area contributed by atoms with Gasteiger partial charge in [0.1, 0.15) is 18.2 Å². The zero-order chi connectivity index (χ0) is 24.0. The van der Waals surface area contributed by atoms with E-state index in [-0.39, 0.29) is 12.5 Å².